The summed E-state index contributed by atoms with van der Waals surface area (Å²) in [4.78, 5) is 29.7. The van der Waals surface area contributed by atoms with E-state index in [1.165, 1.54) is 4.90 Å². The largest absolute Gasteiger partial charge is 0.480 e. The van der Waals surface area contributed by atoms with Gasteiger partial charge in [0.25, 0.3) is 0 Å². The Morgan fingerprint density at radius 1 is 1.13 bits per heavy atom. The molecule has 2 aromatic rings. The summed E-state index contributed by atoms with van der Waals surface area (Å²) in [5.41, 5.74) is 2.89. The number of ketones is 1. The number of fused-ring (bicyclic) bond motifs is 1. The summed E-state index contributed by atoms with van der Waals surface area (Å²) in [5.74, 6) is -9.11. The summed E-state index contributed by atoms with van der Waals surface area (Å²) in [6.07, 6.45) is 0.499. The zero-order valence-corrected chi connectivity index (χ0v) is 15.3. The first-order chi connectivity index (χ1) is 14.2. The number of nitrogens with two attached hydrogens (primary N) is 1. The monoisotopic (exact) mass is 421 g/mol. The van der Waals surface area contributed by atoms with Crippen molar-refractivity contribution in [2.75, 3.05) is 18.0 Å². The zero-order valence-electron chi connectivity index (χ0n) is 15.3. The van der Waals surface area contributed by atoms with Crippen LogP contribution in [0.15, 0.2) is 29.3 Å². The molecule has 1 fully saturated rings. The fraction of sp³-hybridized carbons (Fsp3) is 0.250. The molecule has 2 unspecified atom stereocenters. The summed E-state index contributed by atoms with van der Waals surface area (Å²) in [6, 6.07) is 2.64. The zero-order chi connectivity index (χ0) is 21.7. The van der Waals surface area contributed by atoms with Crippen molar-refractivity contribution >= 4 is 28.8 Å². The fourth-order valence-electron chi connectivity index (χ4n) is 3.78. The Morgan fingerprint density at radius 2 is 1.87 bits per heavy atom. The molecule has 2 heterocycles. The van der Waals surface area contributed by atoms with Crippen LogP contribution in [0.5, 0.6) is 0 Å². The van der Waals surface area contributed by atoms with Crippen molar-refractivity contribution in [3.63, 3.8) is 0 Å². The molecular weight excluding hydrogens is 406 g/mol. The van der Waals surface area contributed by atoms with E-state index in [-0.39, 0.29) is 19.1 Å². The second-order valence-corrected chi connectivity index (χ2v) is 7.17. The number of halogens is 4. The Kier molecular flexibility index (Phi) is 4.81. The molecule has 2 aliphatic heterocycles. The third-order valence-corrected chi connectivity index (χ3v) is 5.19. The van der Waals surface area contributed by atoms with Gasteiger partial charge < -0.3 is 15.7 Å². The highest BCUT2D eigenvalue weighted by molar-refractivity contribution is 6.31. The van der Waals surface area contributed by atoms with Crippen molar-refractivity contribution in [3.05, 3.63) is 58.7 Å². The van der Waals surface area contributed by atoms with Gasteiger partial charge in [-0.15, -0.1) is 0 Å². The van der Waals surface area contributed by atoms with Gasteiger partial charge in [-0.05, 0) is 30.7 Å². The summed E-state index contributed by atoms with van der Waals surface area (Å²) >= 11 is 0. The van der Waals surface area contributed by atoms with Gasteiger partial charge in [0.05, 0.1) is 11.3 Å². The summed E-state index contributed by atoms with van der Waals surface area (Å²) in [5, 5.41) is 9.49. The number of Topliss-reactive ketones (excluding diaryl/α,β-unsaturated/α-hetero) is 1. The van der Waals surface area contributed by atoms with Gasteiger partial charge in [0.1, 0.15) is 28.8 Å². The van der Waals surface area contributed by atoms with Gasteiger partial charge in [-0.2, -0.15) is 0 Å². The first-order valence-electron chi connectivity index (χ1n) is 9.02. The van der Waals surface area contributed by atoms with E-state index in [0.29, 0.717) is 12.5 Å². The predicted molar refractivity (Wildman–Crippen MR) is 99.2 cm³/mol. The number of hydrogen-bond acceptors (Lipinski definition) is 5. The van der Waals surface area contributed by atoms with Crippen molar-refractivity contribution in [2.45, 2.75) is 12.5 Å². The van der Waals surface area contributed by atoms with Crippen LogP contribution in [0.3, 0.4) is 0 Å². The number of benzene rings is 2. The van der Waals surface area contributed by atoms with Gasteiger partial charge in [0, 0.05) is 24.7 Å². The maximum absolute atomic E-state index is 15.3. The van der Waals surface area contributed by atoms with E-state index in [2.05, 4.69) is 4.99 Å². The quantitative estimate of drug-likeness (QED) is 0.587. The molecule has 2 atom stereocenters. The Bertz CT molecular complexity index is 1120. The van der Waals surface area contributed by atoms with Gasteiger partial charge in [0.2, 0.25) is 0 Å². The summed E-state index contributed by atoms with van der Waals surface area (Å²) in [6.45, 7) is 0.446. The highest BCUT2D eigenvalue weighted by atomic mass is 19.1. The van der Waals surface area contributed by atoms with Crippen LogP contribution in [0.25, 0.3) is 0 Å². The standard InChI is InChI=1S/C20H15F4N3O3/c21-8-1-2-12(22)10(5-8)16-14(20(29)30)19(28)11-6-13(23)18(15(24)17(11)26-16)27-4-3-9(25)7-27/h1-2,5-6,9,14H,3-4,7,25H2,(H,29,30). The minimum absolute atomic E-state index is 0.174. The fourth-order valence-corrected chi connectivity index (χ4v) is 3.78. The van der Waals surface area contributed by atoms with Gasteiger partial charge in [0.15, 0.2) is 17.5 Å². The molecule has 2 aromatic carbocycles. The van der Waals surface area contributed by atoms with Crippen LogP contribution >= 0.6 is 0 Å². The summed E-state index contributed by atoms with van der Waals surface area (Å²) in [7, 11) is 0. The average molecular weight is 421 g/mol. The summed E-state index contributed by atoms with van der Waals surface area (Å²) < 4.78 is 57.9. The Hall–Kier alpha value is -3.27. The molecule has 0 bridgehead atoms. The van der Waals surface area contributed by atoms with Crippen LogP contribution in [0.1, 0.15) is 22.3 Å². The number of rotatable bonds is 3. The number of aliphatic imine (C=N–C) groups is 1. The molecule has 0 saturated carbocycles. The maximum Gasteiger partial charge on any atom is 0.320 e. The van der Waals surface area contributed by atoms with Crippen LogP contribution in [0.4, 0.5) is 28.9 Å². The number of carboxylic acid groups (broad SMARTS) is 1. The topological polar surface area (TPSA) is 96.0 Å². The van der Waals surface area contributed by atoms with Crippen LogP contribution in [0, 0.1) is 29.2 Å². The first-order valence-corrected chi connectivity index (χ1v) is 9.02. The van der Waals surface area contributed by atoms with Crippen molar-refractivity contribution < 1.29 is 32.3 Å². The normalized spacial score (nSPS) is 20.9. The maximum atomic E-state index is 15.3. The van der Waals surface area contributed by atoms with Gasteiger partial charge in [-0.1, -0.05) is 0 Å². The number of carboxylic acids is 1. The lowest BCUT2D eigenvalue weighted by atomic mass is 9.85. The highest BCUT2D eigenvalue weighted by Gasteiger charge is 2.41. The molecule has 0 amide bonds. The van der Waals surface area contributed by atoms with E-state index in [4.69, 9.17) is 5.73 Å². The molecule has 0 spiro atoms. The number of carbonyl (C=O) groups excluding carboxylic acids is 1. The SMILES string of the molecule is NC1CCN(c2c(F)cc3c(c2F)N=C(c2cc(F)ccc2F)C(C(=O)O)C3=O)C1. The Balaban J connectivity index is 1.96. The predicted octanol–water partition coefficient (Wildman–Crippen LogP) is 2.80. The second kappa shape index (κ2) is 7.21. The first kappa shape index (κ1) is 20.0. The molecule has 0 aromatic heterocycles. The van der Waals surface area contributed by atoms with Crippen molar-refractivity contribution in [1.29, 1.82) is 0 Å². The van der Waals surface area contributed by atoms with Crippen LogP contribution in [-0.2, 0) is 4.79 Å². The third kappa shape index (κ3) is 3.13. The van der Waals surface area contributed by atoms with Gasteiger partial charge >= 0.3 is 5.97 Å². The van der Waals surface area contributed by atoms with E-state index in [1.807, 2.05) is 0 Å². The molecule has 3 N–H and O–H groups in total. The molecule has 0 radical (unpaired) electrons. The molecule has 2 aliphatic rings. The number of carbonyl (C=O) groups is 2. The average Bonchev–Trinajstić information content (AvgIpc) is 3.10. The Labute approximate surface area is 167 Å². The van der Waals surface area contributed by atoms with Crippen LogP contribution in [0.2, 0.25) is 0 Å². The molecule has 4 rings (SSSR count). The van der Waals surface area contributed by atoms with E-state index in [0.717, 1.165) is 18.2 Å². The minimum Gasteiger partial charge on any atom is -0.480 e. The smallest absolute Gasteiger partial charge is 0.320 e. The minimum atomic E-state index is -2.04. The van der Waals surface area contributed by atoms with E-state index >= 15 is 4.39 Å². The van der Waals surface area contributed by atoms with Gasteiger partial charge in [-0.25, -0.2) is 22.6 Å². The number of anilines is 1. The van der Waals surface area contributed by atoms with Crippen LogP contribution in [-0.4, -0.2) is 41.7 Å². The number of aliphatic carboxylic acids is 1. The van der Waals surface area contributed by atoms with Crippen molar-refractivity contribution in [3.8, 4) is 0 Å². The van der Waals surface area contributed by atoms with E-state index in [9.17, 15) is 27.9 Å². The van der Waals surface area contributed by atoms with Gasteiger partial charge in [-0.3, -0.25) is 9.59 Å². The lowest BCUT2D eigenvalue weighted by Crippen LogP contribution is -2.36. The molecule has 0 aliphatic carbocycles. The highest BCUT2D eigenvalue weighted by Crippen LogP contribution is 2.40. The number of nitrogens with zero attached hydrogens (tertiary/aromatic N) is 2. The lowest BCUT2D eigenvalue weighted by Gasteiger charge is -2.25. The molecule has 10 heteroatoms. The molecule has 1 saturated heterocycles. The molecule has 6 nitrogen and oxygen atoms in total. The van der Waals surface area contributed by atoms with Crippen LogP contribution < -0.4 is 10.6 Å². The third-order valence-electron chi connectivity index (χ3n) is 5.19. The van der Waals surface area contributed by atoms with Crippen molar-refractivity contribution in [1.82, 2.24) is 0 Å². The van der Waals surface area contributed by atoms with E-state index < -0.39 is 69.2 Å². The second-order valence-electron chi connectivity index (χ2n) is 7.17. The number of hydrogen-bond donors (Lipinski definition) is 2. The Morgan fingerprint density at radius 3 is 2.50 bits per heavy atom. The molecule has 30 heavy (non-hydrogen) atoms. The molecule has 156 valence electrons. The van der Waals surface area contributed by atoms with Crippen molar-refractivity contribution in [2.24, 2.45) is 16.6 Å². The van der Waals surface area contributed by atoms with E-state index in [1.54, 1.807) is 0 Å². The lowest BCUT2D eigenvalue weighted by molar-refractivity contribution is -0.137. The molecular formula is C20H15F4N3O3.